The molecule has 0 N–H and O–H groups in total. The van der Waals surface area contributed by atoms with Crippen LogP contribution in [0.4, 0.5) is 0 Å². The smallest absolute Gasteiger partial charge is 0.347 e. The normalized spacial score (nSPS) is 11.2. The van der Waals surface area contributed by atoms with Crippen molar-refractivity contribution in [2.45, 2.75) is 6.92 Å². The van der Waals surface area contributed by atoms with Gasteiger partial charge in [-0.1, -0.05) is 23.2 Å². The Labute approximate surface area is 170 Å². The number of hydrogen-bond donors (Lipinski definition) is 0. The Morgan fingerprint density at radius 2 is 2.04 bits per heavy atom. The van der Waals surface area contributed by atoms with Gasteiger partial charge in [-0.25, -0.2) is 19.4 Å². The standard InChI is InChI=1S/C17H9Cl2IN4O2/c1-8-5-9(20)6-10-14(8)22-16(26-17(10)25)12-7-13(19)23-24(12)15-11(18)3-2-4-21-15/h2-7H,1H3. The van der Waals surface area contributed by atoms with Crippen LogP contribution < -0.4 is 5.63 Å². The Kier molecular flexibility index (Phi) is 4.45. The number of halogens is 3. The van der Waals surface area contributed by atoms with E-state index in [2.05, 4.69) is 37.7 Å². The van der Waals surface area contributed by atoms with E-state index in [1.165, 1.54) is 4.68 Å². The van der Waals surface area contributed by atoms with Gasteiger partial charge in [0.25, 0.3) is 0 Å². The summed E-state index contributed by atoms with van der Waals surface area (Å²) in [4.78, 5) is 21.2. The quantitative estimate of drug-likeness (QED) is 0.376. The van der Waals surface area contributed by atoms with Gasteiger partial charge >= 0.3 is 5.63 Å². The highest BCUT2D eigenvalue weighted by Crippen LogP contribution is 2.28. The van der Waals surface area contributed by atoms with Crippen LogP contribution in [0.15, 0.2) is 45.7 Å². The second-order valence-corrected chi connectivity index (χ2v) is 7.54. The summed E-state index contributed by atoms with van der Waals surface area (Å²) >= 11 is 14.4. The fourth-order valence-electron chi connectivity index (χ4n) is 2.62. The Hall–Kier alpha value is -1.97. The van der Waals surface area contributed by atoms with E-state index in [1.807, 2.05) is 13.0 Å². The molecule has 9 heteroatoms. The van der Waals surface area contributed by atoms with Gasteiger partial charge in [0.1, 0.15) is 5.69 Å². The maximum Gasteiger partial charge on any atom is 0.347 e. The van der Waals surface area contributed by atoms with Crippen LogP contribution in [0, 0.1) is 10.5 Å². The van der Waals surface area contributed by atoms with E-state index in [4.69, 9.17) is 27.6 Å². The molecule has 0 fully saturated rings. The van der Waals surface area contributed by atoms with E-state index < -0.39 is 5.63 Å². The number of pyridine rings is 1. The lowest BCUT2D eigenvalue weighted by atomic mass is 10.1. The Morgan fingerprint density at radius 1 is 1.23 bits per heavy atom. The monoisotopic (exact) mass is 498 g/mol. The molecule has 0 amide bonds. The van der Waals surface area contributed by atoms with Crippen molar-refractivity contribution in [3.05, 3.63) is 66.3 Å². The molecule has 6 nitrogen and oxygen atoms in total. The molecular formula is C17H9Cl2IN4O2. The molecule has 0 aliphatic carbocycles. The number of aromatic nitrogens is 4. The Balaban J connectivity index is 2.01. The topological polar surface area (TPSA) is 73.8 Å². The van der Waals surface area contributed by atoms with Crippen molar-refractivity contribution in [2.75, 3.05) is 0 Å². The zero-order chi connectivity index (χ0) is 18.4. The third-order valence-electron chi connectivity index (χ3n) is 3.73. The maximum atomic E-state index is 12.5. The van der Waals surface area contributed by atoms with Crippen molar-refractivity contribution in [3.63, 3.8) is 0 Å². The molecule has 0 aliphatic heterocycles. The van der Waals surface area contributed by atoms with E-state index in [9.17, 15) is 4.79 Å². The van der Waals surface area contributed by atoms with E-state index in [0.717, 1.165) is 9.13 Å². The molecule has 0 radical (unpaired) electrons. The molecule has 3 aromatic heterocycles. The first-order valence-electron chi connectivity index (χ1n) is 7.42. The van der Waals surface area contributed by atoms with E-state index in [-0.39, 0.29) is 11.0 Å². The summed E-state index contributed by atoms with van der Waals surface area (Å²) < 4.78 is 7.78. The molecule has 0 spiro atoms. The minimum absolute atomic E-state index is 0.0907. The van der Waals surface area contributed by atoms with Gasteiger partial charge in [-0.15, -0.1) is 0 Å². The van der Waals surface area contributed by atoms with Gasteiger partial charge in [-0.05, 0) is 59.3 Å². The van der Waals surface area contributed by atoms with E-state index in [1.54, 1.807) is 30.5 Å². The predicted molar refractivity (Wildman–Crippen MR) is 108 cm³/mol. The molecule has 130 valence electrons. The molecule has 0 atom stereocenters. The van der Waals surface area contributed by atoms with Crippen LogP contribution in [0.5, 0.6) is 0 Å². The summed E-state index contributed by atoms with van der Waals surface area (Å²) in [5, 5.41) is 5.20. The van der Waals surface area contributed by atoms with Crippen LogP contribution in [0.25, 0.3) is 28.3 Å². The molecule has 3 heterocycles. The van der Waals surface area contributed by atoms with E-state index >= 15 is 0 Å². The summed E-state index contributed by atoms with van der Waals surface area (Å²) in [6, 6.07) is 8.62. The van der Waals surface area contributed by atoms with Crippen LogP contribution in [0.3, 0.4) is 0 Å². The molecule has 1 aromatic carbocycles. The first-order valence-corrected chi connectivity index (χ1v) is 9.25. The van der Waals surface area contributed by atoms with E-state index in [0.29, 0.717) is 27.4 Å². The fourth-order valence-corrected chi connectivity index (χ4v) is 3.77. The Bertz CT molecular complexity index is 1220. The third-order valence-corrected chi connectivity index (χ3v) is 4.83. The van der Waals surface area contributed by atoms with Gasteiger partial charge in [-0.3, -0.25) is 0 Å². The highest BCUT2D eigenvalue weighted by Gasteiger charge is 2.19. The van der Waals surface area contributed by atoms with Crippen LogP contribution in [0.2, 0.25) is 10.2 Å². The first kappa shape index (κ1) is 17.4. The average molecular weight is 499 g/mol. The number of aryl methyl sites for hydroxylation is 1. The van der Waals surface area contributed by atoms with Crippen molar-refractivity contribution < 1.29 is 4.42 Å². The van der Waals surface area contributed by atoms with Gasteiger partial charge in [0, 0.05) is 15.8 Å². The minimum Gasteiger partial charge on any atom is -0.401 e. The van der Waals surface area contributed by atoms with Gasteiger partial charge in [-0.2, -0.15) is 5.10 Å². The number of nitrogens with zero attached hydrogens (tertiary/aromatic N) is 4. The molecule has 0 aliphatic rings. The van der Waals surface area contributed by atoms with Crippen molar-refractivity contribution >= 4 is 56.7 Å². The fraction of sp³-hybridized carbons (Fsp3) is 0.0588. The second-order valence-electron chi connectivity index (χ2n) is 5.50. The second kappa shape index (κ2) is 6.64. The zero-order valence-corrected chi connectivity index (χ0v) is 16.9. The Morgan fingerprint density at radius 3 is 2.81 bits per heavy atom. The summed E-state index contributed by atoms with van der Waals surface area (Å²) in [5.74, 6) is 0.452. The van der Waals surface area contributed by atoms with Crippen molar-refractivity contribution in [3.8, 4) is 17.4 Å². The molecule has 0 bridgehead atoms. The molecule has 0 saturated heterocycles. The number of fused-ring (bicyclic) bond motifs is 1. The number of rotatable bonds is 2. The largest absolute Gasteiger partial charge is 0.401 e. The third kappa shape index (κ3) is 3.00. The lowest BCUT2D eigenvalue weighted by molar-refractivity contribution is 0.513. The molecule has 0 unspecified atom stereocenters. The highest BCUT2D eigenvalue weighted by atomic mass is 127. The average Bonchev–Trinajstić information content (AvgIpc) is 2.97. The van der Waals surface area contributed by atoms with Gasteiger partial charge < -0.3 is 4.42 Å². The lowest BCUT2D eigenvalue weighted by Crippen LogP contribution is -2.08. The SMILES string of the molecule is Cc1cc(I)cc2c(=O)oc(-c3cc(Cl)nn3-c3ncccc3Cl)nc12. The van der Waals surface area contributed by atoms with Crippen LogP contribution >= 0.6 is 45.8 Å². The van der Waals surface area contributed by atoms with Gasteiger partial charge in [0.2, 0.25) is 5.89 Å². The maximum absolute atomic E-state index is 12.5. The zero-order valence-electron chi connectivity index (χ0n) is 13.2. The number of benzene rings is 1. The minimum atomic E-state index is -0.484. The highest BCUT2D eigenvalue weighted by molar-refractivity contribution is 14.1. The van der Waals surface area contributed by atoms with Crippen LogP contribution in [-0.2, 0) is 0 Å². The van der Waals surface area contributed by atoms with Crippen LogP contribution in [0.1, 0.15) is 5.56 Å². The van der Waals surface area contributed by atoms with Crippen molar-refractivity contribution in [1.29, 1.82) is 0 Å². The molecule has 4 rings (SSSR count). The molecule has 0 saturated carbocycles. The molecule has 4 aromatic rings. The molecule has 26 heavy (non-hydrogen) atoms. The lowest BCUT2D eigenvalue weighted by Gasteiger charge is -2.08. The number of hydrogen-bond acceptors (Lipinski definition) is 5. The summed E-state index contributed by atoms with van der Waals surface area (Å²) in [6.07, 6.45) is 1.58. The summed E-state index contributed by atoms with van der Waals surface area (Å²) in [7, 11) is 0. The van der Waals surface area contributed by atoms with Gasteiger partial charge in [0.15, 0.2) is 11.0 Å². The predicted octanol–water partition coefficient (Wildman–Crippen LogP) is 4.66. The van der Waals surface area contributed by atoms with Crippen LogP contribution in [-0.4, -0.2) is 19.7 Å². The van der Waals surface area contributed by atoms with Gasteiger partial charge in [0.05, 0.1) is 15.9 Å². The van der Waals surface area contributed by atoms with Crippen molar-refractivity contribution in [2.24, 2.45) is 0 Å². The van der Waals surface area contributed by atoms with Crippen molar-refractivity contribution in [1.82, 2.24) is 19.7 Å². The summed E-state index contributed by atoms with van der Waals surface area (Å²) in [5.41, 5.74) is 1.33. The first-order chi connectivity index (χ1) is 12.4. The molecular weight excluding hydrogens is 490 g/mol. The summed E-state index contributed by atoms with van der Waals surface area (Å²) in [6.45, 7) is 1.89.